The quantitative estimate of drug-likeness (QED) is 0.694. The Morgan fingerprint density at radius 1 is 1.12 bits per heavy atom. The van der Waals surface area contributed by atoms with Gasteiger partial charge in [-0.2, -0.15) is 4.98 Å². The summed E-state index contributed by atoms with van der Waals surface area (Å²) in [6, 6.07) is 12.3. The number of benzene rings is 2. The molecule has 0 unspecified atom stereocenters. The maximum atomic E-state index is 12.4. The maximum Gasteiger partial charge on any atom is 0.240 e. The minimum absolute atomic E-state index is 0.165. The molecule has 26 heavy (non-hydrogen) atoms. The Morgan fingerprint density at radius 2 is 1.85 bits per heavy atom. The number of halogens is 1. The highest BCUT2D eigenvalue weighted by Crippen LogP contribution is 2.19. The standard InChI is InChI=1S/C18H18ClN3O3S/c1-12-3-8-16(13(2)11-12)26(23,24)20-10-9-17-21-18(22-25-17)14-4-6-15(19)7-5-14/h3-8,11,20H,9-10H2,1-2H3. The SMILES string of the molecule is Cc1ccc(S(=O)(=O)NCCc2nc(-c3ccc(Cl)cc3)no2)c(C)c1. The lowest BCUT2D eigenvalue weighted by Gasteiger charge is -2.09. The van der Waals surface area contributed by atoms with Gasteiger partial charge in [-0.1, -0.05) is 34.5 Å². The van der Waals surface area contributed by atoms with Crippen molar-refractivity contribution in [2.24, 2.45) is 0 Å². The van der Waals surface area contributed by atoms with Crippen LogP contribution in [0.2, 0.25) is 5.02 Å². The molecule has 2 aromatic carbocycles. The van der Waals surface area contributed by atoms with Gasteiger partial charge in [-0.3, -0.25) is 0 Å². The lowest BCUT2D eigenvalue weighted by atomic mass is 10.2. The zero-order valence-electron chi connectivity index (χ0n) is 14.4. The number of rotatable bonds is 6. The van der Waals surface area contributed by atoms with Gasteiger partial charge in [0.1, 0.15) is 0 Å². The minimum atomic E-state index is -3.58. The van der Waals surface area contributed by atoms with Gasteiger partial charge in [0.15, 0.2) is 0 Å². The highest BCUT2D eigenvalue weighted by atomic mass is 35.5. The Balaban J connectivity index is 1.64. The van der Waals surface area contributed by atoms with Crippen molar-refractivity contribution >= 4 is 21.6 Å². The summed E-state index contributed by atoms with van der Waals surface area (Å²) in [5.74, 6) is 0.798. The van der Waals surface area contributed by atoms with Crippen molar-refractivity contribution in [3.05, 3.63) is 64.5 Å². The van der Waals surface area contributed by atoms with E-state index in [9.17, 15) is 8.42 Å². The molecule has 0 amide bonds. The monoisotopic (exact) mass is 391 g/mol. The first kappa shape index (κ1) is 18.6. The summed E-state index contributed by atoms with van der Waals surface area (Å²) >= 11 is 5.86. The second-order valence-corrected chi connectivity index (χ2v) is 8.11. The molecule has 0 aliphatic carbocycles. The van der Waals surface area contributed by atoms with Crippen LogP contribution in [0.3, 0.4) is 0 Å². The second kappa shape index (κ2) is 7.57. The van der Waals surface area contributed by atoms with Gasteiger partial charge >= 0.3 is 0 Å². The average Bonchev–Trinajstić information content (AvgIpc) is 3.04. The first-order chi connectivity index (χ1) is 12.3. The van der Waals surface area contributed by atoms with E-state index in [1.807, 2.05) is 13.0 Å². The number of aromatic nitrogens is 2. The van der Waals surface area contributed by atoms with Crippen LogP contribution < -0.4 is 4.72 Å². The van der Waals surface area contributed by atoms with Crippen molar-refractivity contribution in [1.29, 1.82) is 0 Å². The Labute approximate surface area is 157 Å². The number of aryl methyl sites for hydroxylation is 2. The van der Waals surface area contributed by atoms with E-state index >= 15 is 0 Å². The molecule has 0 atom stereocenters. The van der Waals surface area contributed by atoms with Crippen molar-refractivity contribution in [3.63, 3.8) is 0 Å². The second-order valence-electron chi connectivity index (χ2n) is 5.94. The van der Waals surface area contributed by atoms with Gasteiger partial charge in [-0.25, -0.2) is 13.1 Å². The molecule has 1 aromatic heterocycles. The molecule has 0 spiro atoms. The van der Waals surface area contributed by atoms with Gasteiger partial charge in [0.2, 0.25) is 21.7 Å². The van der Waals surface area contributed by atoms with Crippen LogP contribution >= 0.6 is 11.6 Å². The van der Waals surface area contributed by atoms with Crippen LogP contribution in [0, 0.1) is 13.8 Å². The molecule has 6 nitrogen and oxygen atoms in total. The highest BCUT2D eigenvalue weighted by Gasteiger charge is 2.17. The summed E-state index contributed by atoms with van der Waals surface area (Å²) in [4.78, 5) is 4.55. The molecule has 1 N–H and O–H groups in total. The van der Waals surface area contributed by atoms with Crippen molar-refractivity contribution in [3.8, 4) is 11.4 Å². The number of sulfonamides is 1. The summed E-state index contributed by atoms with van der Waals surface area (Å²) < 4.78 is 32.6. The van der Waals surface area contributed by atoms with E-state index in [-0.39, 0.29) is 11.4 Å². The Hall–Kier alpha value is -2.22. The lowest BCUT2D eigenvalue weighted by Crippen LogP contribution is -2.26. The average molecular weight is 392 g/mol. The van der Waals surface area contributed by atoms with E-state index in [0.717, 1.165) is 11.1 Å². The molecule has 1 heterocycles. The summed E-state index contributed by atoms with van der Waals surface area (Å²) in [6.45, 7) is 3.86. The fourth-order valence-electron chi connectivity index (χ4n) is 2.54. The first-order valence-corrected chi connectivity index (χ1v) is 9.87. The van der Waals surface area contributed by atoms with Crippen LogP contribution in [-0.4, -0.2) is 25.1 Å². The molecule has 0 radical (unpaired) electrons. The van der Waals surface area contributed by atoms with Crippen LogP contribution in [0.5, 0.6) is 0 Å². The zero-order chi connectivity index (χ0) is 18.7. The van der Waals surface area contributed by atoms with Crippen LogP contribution in [0.1, 0.15) is 17.0 Å². The third-order valence-electron chi connectivity index (χ3n) is 3.82. The van der Waals surface area contributed by atoms with E-state index in [1.54, 1.807) is 43.3 Å². The van der Waals surface area contributed by atoms with Crippen molar-refractivity contribution in [2.45, 2.75) is 25.2 Å². The summed E-state index contributed by atoms with van der Waals surface area (Å²) in [6.07, 6.45) is 0.296. The predicted octanol–water partition coefficient (Wildman–Crippen LogP) is 3.53. The van der Waals surface area contributed by atoms with E-state index in [0.29, 0.717) is 28.7 Å². The maximum absolute atomic E-state index is 12.4. The van der Waals surface area contributed by atoms with Gasteiger partial charge in [0, 0.05) is 23.6 Å². The van der Waals surface area contributed by atoms with Crippen molar-refractivity contribution in [1.82, 2.24) is 14.9 Å². The topological polar surface area (TPSA) is 85.1 Å². The van der Waals surface area contributed by atoms with Gasteiger partial charge < -0.3 is 4.52 Å². The molecular weight excluding hydrogens is 374 g/mol. The fourth-order valence-corrected chi connectivity index (χ4v) is 3.93. The van der Waals surface area contributed by atoms with Crippen LogP contribution in [0.25, 0.3) is 11.4 Å². The summed E-state index contributed by atoms with van der Waals surface area (Å²) in [5, 5.41) is 4.53. The molecule has 8 heteroatoms. The highest BCUT2D eigenvalue weighted by molar-refractivity contribution is 7.89. The Morgan fingerprint density at radius 3 is 2.54 bits per heavy atom. The number of nitrogens with one attached hydrogen (secondary N) is 1. The van der Waals surface area contributed by atoms with Crippen molar-refractivity contribution in [2.75, 3.05) is 6.54 Å². The van der Waals surface area contributed by atoms with E-state index < -0.39 is 10.0 Å². The van der Waals surface area contributed by atoms with Crippen LogP contribution in [-0.2, 0) is 16.4 Å². The number of nitrogens with zero attached hydrogens (tertiary/aromatic N) is 2. The van der Waals surface area contributed by atoms with E-state index in [2.05, 4.69) is 14.9 Å². The van der Waals surface area contributed by atoms with Gasteiger partial charge in [-0.15, -0.1) is 0 Å². The molecule has 3 rings (SSSR count). The minimum Gasteiger partial charge on any atom is -0.339 e. The molecule has 0 saturated heterocycles. The molecule has 3 aromatic rings. The van der Waals surface area contributed by atoms with Gasteiger partial charge in [-0.05, 0) is 49.7 Å². The van der Waals surface area contributed by atoms with Gasteiger partial charge in [0.05, 0.1) is 4.90 Å². The molecule has 0 aliphatic heterocycles. The fraction of sp³-hybridized carbons (Fsp3) is 0.222. The third-order valence-corrected chi connectivity index (χ3v) is 5.69. The molecule has 0 fully saturated rings. The largest absolute Gasteiger partial charge is 0.339 e. The van der Waals surface area contributed by atoms with Gasteiger partial charge in [0.25, 0.3) is 0 Å². The zero-order valence-corrected chi connectivity index (χ0v) is 15.9. The molecular formula is C18H18ClN3O3S. The summed E-state index contributed by atoms with van der Waals surface area (Å²) in [5.41, 5.74) is 2.50. The lowest BCUT2D eigenvalue weighted by molar-refractivity contribution is 0.379. The van der Waals surface area contributed by atoms with Crippen molar-refractivity contribution < 1.29 is 12.9 Å². The molecule has 0 saturated carbocycles. The normalized spacial score (nSPS) is 11.7. The van der Waals surface area contributed by atoms with E-state index in [4.69, 9.17) is 16.1 Å². The molecule has 136 valence electrons. The predicted molar refractivity (Wildman–Crippen MR) is 99.6 cm³/mol. The number of hydrogen-bond acceptors (Lipinski definition) is 5. The first-order valence-electron chi connectivity index (χ1n) is 8.00. The van der Waals surface area contributed by atoms with E-state index in [1.165, 1.54) is 0 Å². The molecule has 0 aliphatic rings. The smallest absolute Gasteiger partial charge is 0.240 e. The van der Waals surface area contributed by atoms with Crippen LogP contribution in [0.15, 0.2) is 51.9 Å². The third kappa shape index (κ3) is 4.30. The number of hydrogen-bond donors (Lipinski definition) is 1. The molecule has 0 bridgehead atoms. The Kier molecular flexibility index (Phi) is 5.41. The summed E-state index contributed by atoms with van der Waals surface area (Å²) in [7, 11) is -3.58. The Bertz CT molecular complexity index is 1010. The van der Waals surface area contributed by atoms with Crippen LogP contribution in [0.4, 0.5) is 0 Å².